The van der Waals surface area contributed by atoms with Crippen molar-refractivity contribution in [2.75, 3.05) is 16.2 Å². The van der Waals surface area contributed by atoms with Crippen molar-refractivity contribution in [2.24, 2.45) is 0 Å². The maximum atomic E-state index is 13.3. The van der Waals surface area contributed by atoms with Crippen LogP contribution in [0.5, 0.6) is 0 Å². The fourth-order valence-corrected chi connectivity index (χ4v) is 4.35. The van der Waals surface area contributed by atoms with Crippen LogP contribution in [0.25, 0.3) is 0 Å². The molecule has 0 saturated heterocycles. The number of hydrogen-bond donors (Lipinski definition) is 3. The number of halogens is 4. The molecule has 0 spiro atoms. The molecule has 3 aromatic carbocycles. The number of nitrogens with one attached hydrogen (secondary N) is 1. The van der Waals surface area contributed by atoms with Crippen molar-refractivity contribution >= 4 is 33.3 Å². The van der Waals surface area contributed by atoms with Gasteiger partial charge in [0.05, 0.1) is 21.8 Å². The predicted molar refractivity (Wildman–Crippen MR) is 137 cm³/mol. The van der Waals surface area contributed by atoms with Crippen molar-refractivity contribution in [1.29, 1.82) is 0 Å². The molecule has 13 heteroatoms. The first-order valence-corrected chi connectivity index (χ1v) is 13.0. The highest BCUT2D eigenvalue weighted by atomic mass is 32.2. The van der Waals surface area contributed by atoms with Crippen LogP contribution in [-0.4, -0.2) is 43.3 Å². The molecule has 0 aliphatic rings. The van der Waals surface area contributed by atoms with E-state index in [4.69, 9.17) is 9.90 Å². The van der Waals surface area contributed by atoms with Gasteiger partial charge in [-0.2, -0.15) is 13.2 Å². The quantitative estimate of drug-likeness (QED) is 0.265. The average Bonchev–Trinajstić information content (AvgIpc) is 2.87. The highest BCUT2D eigenvalue weighted by Gasteiger charge is 2.38. The second-order valence-corrected chi connectivity index (χ2v) is 9.84. The van der Waals surface area contributed by atoms with Gasteiger partial charge in [0.1, 0.15) is 5.82 Å². The van der Waals surface area contributed by atoms with E-state index in [0.717, 1.165) is 42.7 Å². The normalized spacial score (nSPS) is 11.2. The van der Waals surface area contributed by atoms with Crippen LogP contribution in [0.2, 0.25) is 0 Å². The largest absolute Gasteiger partial charge is 0.490 e. The topological polar surface area (TPSA) is 124 Å². The lowest BCUT2D eigenvalue weighted by molar-refractivity contribution is -0.192. The molecule has 0 aliphatic heterocycles. The first-order chi connectivity index (χ1) is 18.2. The molecular formula is C26H26F4N2O6S. The number of aliphatic carboxylic acids is 1. The average molecular weight is 571 g/mol. The highest BCUT2D eigenvalue weighted by molar-refractivity contribution is 7.92. The van der Waals surface area contributed by atoms with Crippen molar-refractivity contribution in [1.82, 2.24) is 0 Å². The first kappa shape index (κ1) is 31.1. The second-order valence-electron chi connectivity index (χ2n) is 8.16. The summed E-state index contributed by atoms with van der Waals surface area (Å²) >= 11 is 0. The fraction of sp³-hybridized carbons (Fsp3) is 0.231. The van der Waals surface area contributed by atoms with E-state index in [0.29, 0.717) is 18.8 Å². The van der Waals surface area contributed by atoms with E-state index in [9.17, 15) is 35.9 Å². The van der Waals surface area contributed by atoms with Crippen LogP contribution >= 0.6 is 0 Å². The van der Waals surface area contributed by atoms with E-state index in [1.165, 1.54) is 12.1 Å². The van der Waals surface area contributed by atoms with Gasteiger partial charge in [0.25, 0.3) is 10.0 Å². The third kappa shape index (κ3) is 9.60. The van der Waals surface area contributed by atoms with Gasteiger partial charge in [0, 0.05) is 13.1 Å². The minimum absolute atomic E-state index is 0.0410. The summed E-state index contributed by atoms with van der Waals surface area (Å²) in [7, 11) is -4.06. The van der Waals surface area contributed by atoms with Gasteiger partial charge in [-0.3, -0.25) is 4.72 Å². The van der Waals surface area contributed by atoms with Crippen LogP contribution < -0.4 is 9.62 Å². The number of alkyl halides is 3. The maximum absolute atomic E-state index is 13.3. The molecule has 0 radical (unpaired) electrons. The third-order valence-corrected chi connectivity index (χ3v) is 6.57. The lowest BCUT2D eigenvalue weighted by Crippen LogP contribution is -2.26. The van der Waals surface area contributed by atoms with Crippen LogP contribution in [0.4, 0.5) is 28.9 Å². The molecule has 3 N–H and O–H groups in total. The zero-order valence-electron chi connectivity index (χ0n) is 20.7. The Bertz CT molecular complexity index is 1370. The molecule has 210 valence electrons. The van der Waals surface area contributed by atoms with Gasteiger partial charge in [-0.05, 0) is 54.4 Å². The Morgan fingerprint density at radius 1 is 0.949 bits per heavy atom. The van der Waals surface area contributed by atoms with Crippen LogP contribution in [0.1, 0.15) is 35.7 Å². The van der Waals surface area contributed by atoms with Crippen molar-refractivity contribution < 1.29 is 45.8 Å². The number of aromatic carboxylic acids is 1. The highest BCUT2D eigenvalue weighted by Crippen LogP contribution is 2.31. The Hall–Kier alpha value is -4.13. The van der Waals surface area contributed by atoms with E-state index in [-0.39, 0.29) is 16.1 Å². The van der Waals surface area contributed by atoms with Crippen molar-refractivity contribution in [3.63, 3.8) is 0 Å². The monoisotopic (exact) mass is 570 g/mol. The van der Waals surface area contributed by atoms with E-state index in [1.54, 1.807) is 6.07 Å². The van der Waals surface area contributed by atoms with E-state index < -0.39 is 34.0 Å². The zero-order chi connectivity index (χ0) is 29.2. The number of hydrogen-bond acceptors (Lipinski definition) is 5. The molecule has 0 aromatic heterocycles. The smallest absolute Gasteiger partial charge is 0.478 e. The standard InChI is InChI=1S/C24H25FN2O4S.C2HF3O2/c1-2-3-15-27(17-18-7-5-4-6-8-18)23-14-9-19(24(28)29)16-22(23)26-32(30,31)21-12-10-20(25)11-13-21;3-2(4,5)1(6)7/h4-14,16,26H,2-3,15,17H2,1H3,(H,28,29);(H,6,7). The summed E-state index contributed by atoms with van der Waals surface area (Å²) in [5, 5.41) is 16.6. The summed E-state index contributed by atoms with van der Waals surface area (Å²) in [6.07, 6.45) is -3.27. The summed E-state index contributed by atoms with van der Waals surface area (Å²) in [6, 6.07) is 18.6. The van der Waals surface area contributed by atoms with Gasteiger partial charge < -0.3 is 15.1 Å². The summed E-state index contributed by atoms with van der Waals surface area (Å²) in [6.45, 7) is 3.24. The van der Waals surface area contributed by atoms with Crippen LogP contribution in [0, 0.1) is 5.82 Å². The molecule has 0 amide bonds. The molecule has 0 atom stereocenters. The zero-order valence-corrected chi connectivity index (χ0v) is 21.5. The van der Waals surface area contributed by atoms with E-state index >= 15 is 0 Å². The van der Waals surface area contributed by atoms with Gasteiger partial charge in [0.2, 0.25) is 0 Å². The molecule has 3 aromatic rings. The summed E-state index contributed by atoms with van der Waals surface area (Å²) in [5.74, 6) is -4.47. The summed E-state index contributed by atoms with van der Waals surface area (Å²) < 4.78 is 73.4. The number of carboxylic acid groups (broad SMARTS) is 2. The lowest BCUT2D eigenvalue weighted by atomic mass is 10.1. The second kappa shape index (κ2) is 13.6. The van der Waals surface area contributed by atoms with Gasteiger partial charge in [0.15, 0.2) is 0 Å². The number of carbonyl (C=O) groups is 2. The Kier molecular flexibility index (Phi) is 10.8. The van der Waals surface area contributed by atoms with Crippen LogP contribution in [0.3, 0.4) is 0 Å². The molecule has 0 heterocycles. The lowest BCUT2D eigenvalue weighted by Gasteiger charge is -2.28. The molecule has 0 saturated carbocycles. The Morgan fingerprint density at radius 2 is 1.54 bits per heavy atom. The van der Waals surface area contributed by atoms with Crippen molar-refractivity contribution in [3.05, 3.63) is 89.7 Å². The van der Waals surface area contributed by atoms with Crippen LogP contribution in [0.15, 0.2) is 77.7 Å². The van der Waals surface area contributed by atoms with Gasteiger partial charge in [-0.15, -0.1) is 0 Å². The first-order valence-electron chi connectivity index (χ1n) is 11.5. The number of carboxylic acids is 2. The minimum Gasteiger partial charge on any atom is -0.478 e. The number of sulfonamides is 1. The molecule has 0 aliphatic carbocycles. The molecule has 3 rings (SSSR count). The molecule has 0 fully saturated rings. The molecular weight excluding hydrogens is 544 g/mol. The van der Waals surface area contributed by atoms with Gasteiger partial charge in [-0.25, -0.2) is 22.4 Å². The number of nitrogens with zero attached hydrogens (tertiary/aromatic N) is 1. The Balaban J connectivity index is 0.000000673. The molecule has 39 heavy (non-hydrogen) atoms. The number of rotatable bonds is 10. The minimum atomic E-state index is -5.08. The van der Waals surface area contributed by atoms with Crippen molar-refractivity contribution in [2.45, 2.75) is 37.4 Å². The molecule has 8 nitrogen and oxygen atoms in total. The maximum Gasteiger partial charge on any atom is 0.490 e. The van der Waals surface area contributed by atoms with E-state index in [1.807, 2.05) is 35.2 Å². The number of anilines is 2. The number of benzene rings is 3. The number of unbranched alkanes of at least 4 members (excludes halogenated alkanes) is 1. The van der Waals surface area contributed by atoms with Gasteiger partial charge in [-0.1, -0.05) is 43.7 Å². The summed E-state index contributed by atoms with van der Waals surface area (Å²) in [5.41, 5.74) is 1.72. The van der Waals surface area contributed by atoms with Gasteiger partial charge >= 0.3 is 18.1 Å². The van der Waals surface area contributed by atoms with Crippen molar-refractivity contribution in [3.8, 4) is 0 Å². The fourth-order valence-electron chi connectivity index (χ4n) is 3.28. The van der Waals surface area contributed by atoms with Crippen LogP contribution in [-0.2, 0) is 21.4 Å². The Labute approximate surface area is 222 Å². The SMILES string of the molecule is CCCCN(Cc1ccccc1)c1ccc(C(=O)O)cc1NS(=O)(=O)c1ccc(F)cc1.O=C(O)C(F)(F)F. The third-order valence-electron chi connectivity index (χ3n) is 5.19. The Morgan fingerprint density at radius 3 is 2.05 bits per heavy atom. The predicted octanol–water partition coefficient (Wildman–Crippen LogP) is 5.76. The summed E-state index contributed by atoms with van der Waals surface area (Å²) in [4.78, 5) is 22.3. The van der Waals surface area contributed by atoms with E-state index in [2.05, 4.69) is 11.6 Å². The molecule has 0 bridgehead atoms. The molecule has 0 unspecified atom stereocenters.